The normalized spacial score (nSPS) is 14.5. The fraction of sp³-hybridized carbons (Fsp3) is 0.125. The molecule has 0 saturated carbocycles. The van der Waals surface area contributed by atoms with Gasteiger partial charge in [-0.3, -0.25) is 19.4 Å². The lowest BCUT2D eigenvalue weighted by atomic mass is 10.1. The highest BCUT2D eigenvalue weighted by Crippen LogP contribution is 2.22. The molecular formula is C24H20N2O3S. The van der Waals surface area contributed by atoms with E-state index in [2.05, 4.69) is 24.3 Å². The van der Waals surface area contributed by atoms with Gasteiger partial charge in [0.05, 0.1) is 0 Å². The summed E-state index contributed by atoms with van der Waals surface area (Å²) in [6.07, 6.45) is 1.58. The fourth-order valence-corrected chi connectivity index (χ4v) is 3.55. The lowest BCUT2D eigenvalue weighted by Crippen LogP contribution is -2.52. The number of hydrogen-bond donors (Lipinski definition) is 0. The molecule has 0 spiro atoms. The standard InChI is InChI=1S/C24H20N2O3S/c1-25-22(27)21(23(28)26(2)24(25)30)14-16-10-12-19(13-11-16)29-15-18-8-5-7-17-6-3-4-9-20(17)18/h3-14H,15H2,1-2H3. The number of carbonyl (C=O) groups excluding carboxylic acids is 2. The minimum atomic E-state index is -0.403. The Bertz CT molecular complexity index is 1150. The first-order valence-electron chi connectivity index (χ1n) is 9.47. The number of ether oxygens (including phenoxy) is 1. The minimum absolute atomic E-state index is 0.0815. The van der Waals surface area contributed by atoms with E-state index in [1.807, 2.05) is 42.5 Å². The average Bonchev–Trinajstić information content (AvgIpc) is 2.78. The van der Waals surface area contributed by atoms with Crippen LogP contribution in [0.1, 0.15) is 11.1 Å². The van der Waals surface area contributed by atoms with Crippen LogP contribution in [-0.4, -0.2) is 40.8 Å². The monoisotopic (exact) mass is 416 g/mol. The van der Waals surface area contributed by atoms with Crippen molar-refractivity contribution in [3.63, 3.8) is 0 Å². The van der Waals surface area contributed by atoms with Crippen molar-refractivity contribution < 1.29 is 14.3 Å². The van der Waals surface area contributed by atoms with Gasteiger partial charge in [-0.25, -0.2) is 0 Å². The van der Waals surface area contributed by atoms with E-state index in [0.717, 1.165) is 11.1 Å². The number of nitrogens with zero attached hydrogens (tertiary/aromatic N) is 2. The Morgan fingerprint density at radius 1 is 0.867 bits per heavy atom. The molecule has 1 heterocycles. The van der Waals surface area contributed by atoms with Crippen LogP contribution in [0, 0.1) is 0 Å². The third-order valence-electron chi connectivity index (χ3n) is 5.11. The van der Waals surface area contributed by atoms with E-state index in [-0.39, 0.29) is 10.7 Å². The van der Waals surface area contributed by atoms with Crippen molar-refractivity contribution in [3.8, 4) is 5.75 Å². The van der Waals surface area contributed by atoms with Gasteiger partial charge in [0.25, 0.3) is 11.8 Å². The van der Waals surface area contributed by atoms with Gasteiger partial charge in [0.2, 0.25) is 0 Å². The highest BCUT2D eigenvalue weighted by atomic mass is 32.1. The summed E-state index contributed by atoms with van der Waals surface area (Å²) >= 11 is 5.11. The maximum absolute atomic E-state index is 12.4. The molecule has 0 aliphatic carbocycles. The van der Waals surface area contributed by atoms with Gasteiger partial charge in [0, 0.05) is 14.1 Å². The molecule has 0 bridgehead atoms. The van der Waals surface area contributed by atoms with Gasteiger partial charge >= 0.3 is 0 Å². The van der Waals surface area contributed by atoms with Gasteiger partial charge in [0.1, 0.15) is 17.9 Å². The molecule has 6 heteroatoms. The third-order valence-corrected chi connectivity index (χ3v) is 5.66. The predicted molar refractivity (Wildman–Crippen MR) is 121 cm³/mol. The van der Waals surface area contributed by atoms with E-state index in [4.69, 9.17) is 17.0 Å². The van der Waals surface area contributed by atoms with E-state index in [1.54, 1.807) is 20.2 Å². The number of hydrogen-bond acceptors (Lipinski definition) is 4. The molecule has 30 heavy (non-hydrogen) atoms. The maximum atomic E-state index is 12.4. The summed E-state index contributed by atoms with van der Waals surface area (Å²) in [5.41, 5.74) is 1.93. The number of benzene rings is 3. The highest BCUT2D eigenvalue weighted by molar-refractivity contribution is 7.80. The zero-order chi connectivity index (χ0) is 21.3. The second-order valence-electron chi connectivity index (χ2n) is 7.06. The van der Waals surface area contributed by atoms with Crippen molar-refractivity contribution in [2.75, 3.05) is 14.1 Å². The van der Waals surface area contributed by atoms with Crippen LogP contribution in [0.25, 0.3) is 16.8 Å². The van der Waals surface area contributed by atoms with Gasteiger partial charge in [-0.2, -0.15) is 0 Å². The number of likely N-dealkylation sites (N-methyl/N-ethyl adjacent to an activating group) is 2. The molecular weight excluding hydrogens is 396 g/mol. The molecule has 1 fully saturated rings. The number of fused-ring (bicyclic) bond motifs is 1. The first-order valence-corrected chi connectivity index (χ1v) is 9.88. The molecule has 0 radical (unpaired) electrons. The second-order valence-corrected chi connectivity index (χ2v) is 7.43. The SMILES string of the molecule is CN1C(=O)C(=Cc2ccc(OCc3cccc4ccccc34)cc2)C(=O)N(C)C1=S. The molecule has 0 N–H and O–H groups in total. The second kappa shape index (κ2) is 8.08. The lowest BCUT2D eigenvalue weighted by Gasteiger charge is -2.31. The molecule has 150 valence electrons. The number of carbonyl (C=O) groups is 2. The molecule has 1 aliphatic rings. The van der Waals surface area contributed by atoms with Gasteiger partial charge in [0.15, 0.2) is 5.11 Å². The van der Waals surface area contributed by atoms with Crippen molar-refractivity contribution in [1.82, 2.24) is 9.80 Å². The van der Waals surface area contributed by atoms with Crippen molar-refractivity contribution in [2.24, 2.45) is 0 Å². The quantitative estimate of drug-likeness (QED) is 0.366. The molecule has 0 unspecified atom stereocenters. The van der Waals surface area contributed by atoms with Crippen LogP contribution in [0.5, 0.6) is 5.75 Å². The van der Waals surface area contributed by atoms with Gasteiger partial charge in [-0.05, 0) is 52.3 Å². The van der Waals surface area contributed by atoms with Crippen LogP contribution in [0.2, 0.25) is 0 Å². The Kier molecular flexibility index (Phi) is 5.33. The molecule has 2 amide bonds. The van der Waals surface area contributed by atoms with Crippen molar-refractivity contribution in [3.05, 3.63) is 83.4 Å². The Hall–Kier alpha value is -3.51. The minimum Gasteiger partial charge on any atom is -0.489 e. The van der Waals surface area contributed by atoms with Gasteiger partial charge in [-0.1, -0.05) is 54.6 Å². The molecule has 4 rings (SSSR count). The highest BCUT2D eigenvalue weighted by Gasteiger charge is 2.35. The first kappa shape index (κ1) is 19.8. The summed E-state index contributed by atoms with van der Waals surface area (Å²) in [6.45, 7) is 0.450. The van der Waals surface area contributed by atoms with Crippen molar-refractivity contribution in [1.29, 1.82) is 0 Å². The summed E-state index contributed by atoms with van der Waals surface area (Å²) in [6, 6.07) is 21.6. The van der Waals surface area contributed by atoms with Gasteiger partial charge in [-0.15, -0.1) is 0 Å². The molecule has 0 aromatic heterocycles. The van der Waals surface area contributed by atoms with E-state index in [9.17, 15) is 9.59 Å². The van der Waals surface area contributed by atoms with Crippen LogP contribution in [0.4, 0.5) is 0 Å². The number of rotatable bonds is 4. The molecule has 3 aromatic rings. The molecule has 5 nitrogen and oxygen atoms in total. The number of thiocarbonyl (C=S) groups is 1. The van der Waals surface area contributed by atoms with Crippen LogP contribution < -0.4 is 4.74 Å². The lowest BCUT2D eigenvalue weighted by molar-refractivity contribution is -0.132. The smallest absolute Gasteiger partial charge is 0.265 e. The summed E-state index contributed by atoms with van der Waals surface area (Å²) in [5.74, 6) is -0.0967. The largest absolute Gasteiger partial charge is 0.489 e. The van der Waals surface area contributed by atoms with Gasteiger partial charge < -0.3 is 4.74 Å². The van der Waals surface area contributed by atoms with E-state index < -0.39 is 11.8 Å². The van der Waals surface area contributed by atoms with Crippen LogP contribution in [0.3, 0.4) is 0 Å². The molecule has 1 aliphatic heterocycles. The zero-order valence-electron chi connectivity index (χ0n) is 16.7. The molecule has 0 atom stereocenters. The average molecular weight is 417 g/mol. The van der Waals surface area contributed by atoms with Crippen molar-refractivity contribution >= 4 is 46.0 Å². The van der Waals surface area contributed by atoms with Crippen LogP contribution in [-0.2, 0) is 16.2 Å². The Labute approximate surface area is 180 Å². The van der Waals surface area contributed by atoms with E-state index in [0.29, 0.717) is 12.4 Å². The molecule has 1 saturated heterocycles. The van der Waals surface area contributed by atoms with Crippen LogP contribution in [0.15, 0.2) is 72.3 Å². The topological polar surface area (TPSA) is 49.9 Å². The fourth-order valence-electron chi connectivity index (χ4n) is 3.38. The maximum Gasteiger partial charge on any atom is 0.265 e. The third kappa shape index (κ3) is 3.69. The van der Waals surface area contributed by atoms with E-state index >= 15 is 0 Å². The summed E-state index contributed by atoms with van der Waals surface area (Å²) in [7, 11) is 3.12. The number of amides is 2. The predicted octanol–water partition coefficient (Wildman–Crippen LogP) is 4.02. The van der Waals surface area contributed by atoms with E-state index in [1.165, 1.54) is 20.6 Å². The van der Waals surface area contributed by atoms with Crippen molar-refractivity contribution in [2.45, 2.75) is 6.61 Å². The molecule has 3 aromatic carbocycles. The Morgan fingerprint density at radius 2 is 1.50 bits per heavy atom. The summed E-state index contributed by atoms with van der Waals surface area (Å²) in [4.78, 5) is 27.4. The van der Waals surface area contributed by atoms with Crippen LogP contribution >= 0.6 is 12.2 Å². The Balaban J connectivity index is 1.50. The summed E-state index contributed by atoms with van der Waals surface area (Å²) < 4.78 is 5.95. The Morgan fingerprint density at radius 3 is 2.20 bits per heavy atom. The zero-order valence-corrected chi connectivity index (χ0v) is 17.5. The first-order chi connectivity index (χ1) is 14.5. The summed E-state index contributed by atoms with van der Waals surface area (Å²) in [5, 5.41) is 2.54.